The fourth-order valence-electron chi connectivity index (χ4n) is 2.12. The van der Waals surface area contributed by atoms with E-state index >= 15 is 0 Å². The summed E-state index contributed by atoms with van der Waals surface area (Å²) in [5, 5.41) is 2.24. The van der Waals surface area contributed by atoms with Gasteiger partial charge in [-0.1, -0.05) is 23.2 Å². The molecule has 1 aliphatic rings. The van der Waals surface area contributed by atoms with Gasteiger partial charge < -0.3 is 14.8 Å². The highest BCUT2D eigenvalue weighted by molar-refractivity contribution is 8.00. The van der Waals surface area contributed by atoms with Crippen molar-refractivity contribution in [3.8, 4) is 0 Å². The molecule has 0 aromatic heterocycles. The maximum atomic E-state index is 12.6. The lowest BCUT2D eigenvalue weighted by Gasteiger charge is -2.26. The summed E-state index contributed by atoms with van der Waals surface area (Å²) in [6, 6.07) is 2.99. The number of amides is 2. The molecule has 1 aromatic carbocycles. The molecular formula is C14H14Cl2N2O5S. The Bertz CT molecular complexity index is 649. The van der Waals surface area contributed by atoms with Gasteiger partial charge in [0.25, 0.3) is 0 Å². The fraction of sp³-hybridized carbons (Fsp3) is 0.357. The first-order valence-corrected chi connectivity index (χ1v) is 8.51. The van der Waals surface area contributed by atoms with Crippen molar-refractivity contribution in [1.82, 2.24) is 4.90 Å². The van der Waals surface area contributed by atoms with Crippen LogP contribution in [0.3, 0.4) is 0 Å². The number of rotatable bonds is 3. The molecule has 1 fully saturated rings. The van der Waals surface area contributed by atoms with Crippen molar-refractivity contribution in [2.45, 2.75) is 11.4 Å². The second kappa shape index (κ2) is 7.96. The molecule has 2 amide bonds. The molecule has 10 heteroatoms. The third kappa shape index (κ3) is 3.88. The van der Waals surface area contributed by atoms with Crippen LogP contribution in [0.1, 0.15) is 0 Å². The van der Waals surface area contributed by atoms with Crippen molar-refractivity contribution in [3.63, 3.8) is 0 Å². The molecular weight excluding hydrogens is 379 g/mol. The van der Waals surface area contributed by atoms with Crippen LogP contribution in [-0.2, 0) is 19.1 Å². The van der Waals surface area contributed by atoms with E-state index in [2.05, 4.69) is 10.1 Å². The summed E-state index contributed by atoms with van der Waals surface area (Å²) in [6.07, 6.45) is 0. The number of hydrogen-bond acceptors (Lipinski definition) is 6. The van der Waals surface area contributed by atoms with E-state index in [0.29, 0.717) is 10.7 Å². The molecule has 0 bridgehead atoms. The van der Waals surface area contributed by atoms with Crippen LogP contribution in [0.25, 0.3) is 0 Å². The number of esters is 2. The molecule has 0 saturated carbocycles. The standard InChI is InChI=1S/C14H14Cl2N2O5S/c1-22-12(19)10-6-24-11(13(20)23-2)18(10)14(21)17-7-3-4-8(15)9(16)5-7/h3-5,10-11H,6H2,1-2H3,(H,17,21)/t10-,11+/m1/s1. The van der Waals surface area contributed by atoms with Crippen LogP contribution >= 0.6 is 35.0 Å². The predicted octanol–water partition coefficient (Wildman–Crippen LogP) is 2.61. The number of halogens is 2. The summed E-state index contributed by atoms with van der Waals surface area (Å²) >= 11 is 12.9. The van der Waals surface area contributed by atoms with E-state index in [9.17, 15) is 14.4 Å². The van der Waals surface area contributed by atoms with Crippen molar-refractivity contribution in [1.29, 1.82) is 0 Å². The van der Waals surface area contributed by atoms with Crippen molar-refractivity contribution in [2.24, 2.45) is 0 Å². The van der Waals surface area contributed by atoms with Gasteiger partial charge in [-0.3, -0.25) is 4.90 Å². The van der Waals surface area contributed by atoms with Gasteiger partial charge in [-0.25, -0.2) is 14.4 Å². The van der Waals surface area contributed by atoms with Gasteiger partial charge in [0.15, 0.2) is 5.37 Å². The van der Waals surface area contributed by atoms with Gasteiger partial charge in [0.2, 0.25) is 0 Å². The number of nitrogens with zero attached hydrogens (tertiary/aromatic N) is 1. The van der Waals surface area contributed by atoms with E-state index < -0.39 is 29.4 Å². The second-order valence-corrected chi connectivity index (χ2v) is 6.64. The lowest BCUT2D eigenvalue weighted by Crippen LogP contribution is -2.50. The van der Waals surface area contributed by atoms with Gasteiger partial charge in [-0.05, 0) is 18.2 Å². The quantitative estimate of drug-likeness (QED) is 0.795. The van der Waals surface area contributed by atoms with E-state index in [-0.39, 0.29) is 10.8 Å². The summed E-state index contributed by atoms with van der Waals surface area (Å²) in [6.45, 7) is 0. The number of methoxy groups -OCH3 is 2. The second-order valence-electron chi connectivity index (χ2n) is 4.71. The molecule has 1 aliphatic heterocycles. The van der Waals surface area contributed by atoms with Gasteiger partial charge in [0, 0.05) is 11.4 Å². The number of nitrogens with one attached hydrogen (secondary N) is 1. The van der Waals surface area contributed by atoms with Crippen LogP contribution in [-0.4, -0.2) is 54.3 Å². The van der Waals surface area contributed by atoms with Crippen LogP contribution < -0.4 is 5.32 Å². The first-order chi connectivity index (χ1) is 11.4. The molecule has 0 radical (unpaired) electrons. The Morgan fingerprint density at radius 2 is 1.83 bits per heavy atom. The Kier molecular flexibility index (Phi) is 6.20. The molecule has 1 N–H and O–H groups in total. The average molecular weight is 393 g/mol. The summed E-state index contributed by atoms with van der Waals surface area (Å²) in [5.41, 5.74) is 0.374. The molecule has 2 rings (SSSR count). The Balaban J connectivity index is 2.24. The van der Waals surface area contributed by atoms with E-state index in [4.69, 9.17) is 27.9 Å². The highest BCUT2D eigenvalue weighted by Gasteiger charge is 2.46. The fourth-order valence-corrected chi connectivity index (χ4v) is 3.71. The number of ether oxygens (including phenoxy) is 2. The highest BCUT2D eigenvalue weighted by Crippen LogP contribution is 2.32. The minimum absolute atomic E-state index is 0.223. The largest absolute Gasteiger partial charge is 0.467 e. The number of carbonyl (C=O) groups excluding carboxylic acids is 3. The van der Waals surface area contributed by atoms with Crippen LogP contribution in [0.4, 0.5) is 10.5 Å². The number of anilines is 1. The van der Waals surface area contributed by atoms with E-state index in [1.54, 1.807) is 6.07 Å². The van der Waals surface area contributed by atoms with Crippen molar-refractivity contribution in [2.75, 3.05) is 25.3 Å². The first kappa shape index (κ1) is 18.7. The Morgan fingerprint density at radius 3 is 2.42 bits per heavy atom. The van der Waals surface area contributed by atoms with E-state index in [1.807, 2.05) is 0 Å². The van der Waals surface area contributed by atoms with Gasteiger partial charge in [0.05, 0.1) is 24.3 Å². The van der Waals surface area contributed by atoms with Gasteiger partial charge in [-0.15, -0.1) is 11.8 Å². The van der Waals surface area contributed by atoms with Crippen LogP contribution in [0.15, 0.2) is 18.2 Å². The number of benzene rings is 1. The monoisotopic (exact) mass is 392 g/mol. The number of thioether (sulfide) groups is 1. The third-order valence-electron chi connectivity index (χ3n) is 3.28. The minimum Gasteiger partial charge on any atom is -0.467 e. The van der Waals surface area contributed by atoms with Crippen LogP contribution in [0.5, 0.6) is 0 Å². The SMILES string of the molecule is COC(=O)[C@H]1CS[C@@H](C(=O)OC)N1C(=O)Nc1ccc(Cl)c(Cl)c1. The molecule has 0 unspecified atom stereocenters. The van der Waals surface area contributed by atoms with Gasteiger partial charge in [0.1, 0.15) is 6.04 Å². The Hall–Kier alpha value is -1.64. The van der Waals surface area contributed by atoms with Crippen LogP contribution in [0.2, 0.25) is 10.0 Å². The Labute approximate surface area is 152 Å². The van der Waals surface area contributed by atoms with E-state index in [1.165, 1.54) is 26.4 Å². The zero-order valence-electron chi connectivity index (χ0n) is 12.7. The summed E-state index contributed by atoms with van der Waals surface area (Å²) in [5.74, 6) is -1.02. The predicted molar refractivity (Wildman–Crippen MR) is 91.4 cm³/mol. The average Bonchev–Trinajstić information content (AvgIpc) is 3.01. The maximum Gasteiger partial charge on any atom is 0.339 e. The molecule has 1 saturated heterocycles. The van der Waals surface area contributed by atoms with Crippen molar-refractivity contribution >= 4 is 58.6 Å². The van der Waals surface area contributed by atoms with Gasteiger partial charge in [-0.2, -0.15) is 0 Å². The number of carbonyl (C=O) groups is 3. The molecule has 0 aliphatic carbocycles. The molecule has 1 heterocycles. The Morgan fingerprint density at radius 1 is 1.17 bits per heavy atom. The lowest BCUT2D eigenvalue weighted by molar-refractivity contribution is -0.147. The highest BCUT2D eigenvalue weighted by atomic mass is 35.5. The summed E-state index contributed by atoms with van der Waals surface area (Å²) in [4.78, 5) is 37.5. The summed E-state index contributed by atoms with van der Waals surface area (Å²) < 4.78 is 9.39. The number of urea groups is 1. The minimum atomic E-state index is -0.943. The maximum absolute atomic E-state index is 12.6. The zero-order chi connectivity index (χ0) is 17.9. The van der Waals surface area contributed by atoms with E-state index in [0.717, 1.165) is 16.7 Å². The topological polar surface area (TPSA) is 84.9 Å². The molecule has 1 aromatic rings. The number of hydrogen-bond donors (Lipinski definition) is 1. The molecule has 24 heavy (non-hydrogen) atoms. The molecule has 0 spiro atoms. The molecule has 7 nitrogen and oxygen atoms in total. The van der Waals surface area contributed by atoms with Crippen molar-refractivity contribution < 1.29 is 23.9 Å². The van der Waals surface area contributed by atoms with Gasteiger partial charge >= 0.3 is 18.0 Å². The normalized spacial score (nSPS) is 19.8. The smallest absolute Gasteiger partial charge is 0.339 e. The zero-order valence-corrected chi connectivity index (χ0v) is 15.1. The molecule has 130 valence electrons. The summed E-state index contributed by atoms with van der Waals surface area (Å²) in [7, 11) is 2.43. The lowest BCUT2D eigenvalue weighted by atomic mass is 10.3. The van der Waals surface area contributed by atoms with Crippen LogP contribution in [0, 0.1) is 0 Å². The first-order valence-electron chi connectivity index (χ1n) is 6.70. The molecule has 2 atom stereocenters. The van der Waals surface area contributed by atoms with Crippen molar-refractivity contribution in [3.05, 3.63) is 28.2 Å². The third-order valence-corrected chi connectivity index (χ3v) is 5.26.